The first-order chi connectivity index (χ1) is 13.0. The molecule has 3 rings (SSSR count). The van der Waals surface area contributed by atoms with Crippen LogP contribution in [0.5, 0.6) is 0 Å². The van der Waals surface area contributed by atoms with E-state index in [1.165, 1.54) is 19.1 Å². The fourth-order valence-electron chi connectivity index (χ4n) is 3.17. The molecular weight excluding hydrogens is 350 g/mol. The van der Waals surface area contributed by atoms with Crippen molar-refractivity contribution in [2.24, 2.45) is 4.99 Å². The molecule has 27 heavy (non-hydrogen) atoms. The number of aliphatic imine (C=N–C) groups is 1. The van der Waals surface area contributed by atoms with Gasteiger partial charge in [-0.2, -0.15) is 5.10 Å². The monoisotopic (exact) mass is 370 g/mol. The summed E-state index contributed by atoms with van der Waals surface area (Å²) in [6.45, 7) is 4.85. The summed E-state index contributed by atoms with van der Waals surface area (Å²) in [6, 6.07) is 6.11. The Morgan fingerprint density at radius 2 is 2.22 bits per heavy atom. The molecule has 0 unspecified atom stereocenters. The zero-order chi connectivity index (χ0) is 19.4. The Bertz CT molecular complexity index is 930. The number of halogens is 2. The second-order valence-electron chi connectivity index (χ2n) is 6.19. The van der Waals surface area contributed by atoms with E-state index in [0.29, 0.717) is 12.1 Å². The van der Waals surface area contributed by atoms with Gasteiger partial charge in [0.05, 0.1) is 12.2 Å². The van der Waals surface area contributed by atoms with Gasteiger partial charge in [0.2, 0.25) is 0 Å². The highest BCUT2D eigenvalue weighted by atomic mass is 19.1. The molecule has 1 aromatic heterocycles. The van der Waals surface area contributed by atoms with Crippen molar-refractivity contribution in [2.75, 3.05) is 0 Å². The minimum atomic E-state index is -0.566. The van der Waals surface area contributed by atoms with Crippen LogP contribution in [0.1, 0.15) is 37.1 Å². The summed E-state index contributed by atoms with van der Waals surface area (Å²) in [4.78, 5) is 16.0. The fraction of sp³-hybridized carbons (Fsp3) is 0.250. The molecule has 2 aromatic rings. The van der Waals surface area contributed by atoms with Crippen LogP contribution in [0.25, 0.3) is 5.69 Å². The van der Waals surface area contributed by atoms with Crippen molar-refractivity contribution >= 4 is 12.6 Å². The summed E-state index contributed by atoms with van der Waals surface area (Å²) in [5.74, 6) is -1.44. The minimum absolute atomic E-state index is 0.0979. The first-order valence-electron chi connectivity index (χ1n) is 8.68. The summed E-state index contributed by atoms with van der Waals surface area (Å²) in [5, 5.41) is 7.17. The zero-order valence-corrected chi connectivity index (χ0v) is 15.0. The maximum atomic E-state index is 14.1. The number of fused-ring (bicyclic) bond motifs is 1. The highest BCUT2D eigenvalue weighted by Crippen LogP contribution is 2.31. The van der Waals surface area contributed by atoms with Crippen LogP contribution < -0.4 is 5.32 Å². The molecule has 0 spiro atoms. The maximum Gasteiger partial charge on any atom is 0.270 e. The molecule has 5 nitrogen and oxygen atoms in total. The van der Waals surface area contributed by atoms with Gasteiger partial charge < -0.3 is 5.32 Å². The fourth-order valence-corrected chi connectivity index (χ4v) is 3.17. The molecule has 1 N–H and O–H groups in total. The van der Waals surface area contributed by atoms with Crippen LogP contribution in [0.15, 0.2) is 59.1 Å². The van der Waals surface area contributed by atoms with Crippen LogP contribution in [0.4, 0.5) is 8.78 Å². The third kappa shape index (κ3) is 3.86. The quantitative estimate of drug-likeness (QED) is 0.492. The van der Waals surface area contributed by atoms with Crippen LogP contribution in [0.2, 0.25) is 0 Å². The molecule has 1 aromatic carbocycles. The van der Waals surface area contributed by atoms with E-state index in [4.69, 9.17) is 0 Å². The number of nitrogens with zero attached hydrogens (tertiary/aromatic N) is 3. The summed E-state index contributed by atoms with van der Waals surface area (Å²) < 4.78 is 29.2. The van der Waals surface area contributed by atoms with E-state index in [1.54, 1.807) is 29.1 Å². The van der Waals surface area contributed by atoms with E-state index in [9.17, 15) is 13.6 Å². The lowest BCUT2D eigenvalue weighted by Crippen LogP contribution is -2.31. The third-order valence-electron chi connectivity index (χ3n) is 4.52. The van der Waals surface area contributed by atoms with Gasteiger partial charge in [-0.3, -0.25) is 9.79 Å². The van der Waals surface area contributed by atoms with E-state index < -0.39 is 11.7 Å². The van der Waals surface area contributed by atoms with Gasteiger partial charge in [-0.25, -0.2) is 13.5 Å². The van der Waals surface area contributed by atoms with E-state index in [1.807, 2.05) is 0 Å². The molecule has 1 atom stereocenters. The number of para-hydroxylation sites is 1. The Morgan fingerprint density at radius 3 is 2.93 bits per heavy atom. The average molecular weight is 370 g/mol. The van der Waals surface area contributed by atoms with Crippen molar-refractivity contribution in [3.63, 3.8) is 0 Å². The summed E-state index contributed by atoms with van der Waals surface area (Å²) >= 11 is 0. The number of carbonyl (C=O) groups excluding carboxylic acids is 1. The normalized spacial score (nSPS) is 17.4. The molecule has 7 heteroatoms. The van der Waals surface area contributed by atoms with E-state index >= 15 is 0 Å². The van der Waals surface area contributed by atoms with Crippen LogP contribution in [0, 0.1) is 5.82 Å². The standard InChI is InChI=1S/C20H20F2N4O/c1-3-13(21)11-17(23-2)20(27)25-16-8-6-10-18-14(16)12-24-26(18)19-9-5-4-7-15(19)22/h3-5,7,9,11-12,16H,2,6,8,10H2,1H3,(H,25,27)/b13-3+,17-11-/t16-/m1/s1. The second kappa shape index (κ2) is 8.07. The number of benzene rings is 1. The van der Waals surface area contributed by atoms with Gasteiger partial charge in [-0.15, -0.1) is 0 Å². The lowest BCUT2D eigenvalue weighted by atomic mass is 9.92. The number of amides is 1. The zero-order valence-electron chi connectivity index (χ0n) is 15.0. The Labute approximate surface area is 156 Å². The Hall–Kier alpha value is -3.09. The predicted molar refractivity (Wildman–Crippen MR) is 99.8 cm³/mol. The van der Waals surface area contributed by atoms with Crippen molar-refractivity contribution in [1.82, 2.24) is 15.1 Å². The molecule has 1 aliphatic rings. The van der Waals surface area contributed by atoms with E-state index in [0.717, 1.165) is 30.2 Å². The summed E-state index contributed by atoms with van der Waals surface area (Å²) in [5.41, 5.74) is 1.95. The number of nitrogens with one attached hydrogen (secondary N) is 1. The molecular formula is C20H20F2N4O. The van der Waals surface area contributed by atoms with Gasteiger partial charge in [0, 0.05) is 17.3 Å². The largest absolute Gasteiger partial charge is 0.344 e. The first kappa shape index (κ1) is 18.7. The van der Waals surface area contributed by atoms with Crippen LogP contribution >= 0.6 is 0 Å². The van der Waals surface area contributed by atoms with Crippen molar-refractivity contribution in [1.29, 1.82) is 0 Å². The Kier molecular flexibility index (Phi) is 5.59. The van der Waals surface area contributed by atoms with Gasteiger partial charge in [-0.05, 0) is 45.0 Å². The first-order valence-corrected chi connectivity index (χ1v) is 8.68. The molecule has 1 aliphatic carbocycles. The van der Waals surface area contributed by atoms with E-state index in [-0.39, 0.29) is 17.6 Å². The number of carbonyl (C=O) groups is 1. The second-order valence-corrected chi connectivity index (χ2v) is 6.19. The Morgan fingerprint density at radius 1 is 1.44 bits per heavy atom. The molecule has 1 heterocycles. The molecule has 140 valence electrons. The summed E-state index contributed by atoms with van der Waals surface area (Å²) in [7, 11) is 0. The van der Waals surface area contributed by atoms with E-state index in [2.05, 4.69) is 22.1 Å². The van der Waals surface area contributed by atoms with Crippen LogP contribution in [-0.4, -0.2) is 22.4 Å². The maximum absolute atomic E-state index is 14.1. The van der Waals surface area contributed by atoms with Gasteiger partial charge in [0.25, 0.3) is 5.91 Å². The molecule has 0 saturated heterocycles. The van der Waals surface area contributed by atoms with Gasteiger partial charge in [0.15, 0.2) is 0 Å². The van der Waals surface area contributed by atoms with Crippen molar-refractivity contribution in [3.05, 3.63) is 71.2 Å². The predicted octanol–water partition coefficient (Wildman–Crippen LogP) is 3.96. The lowest BCUT2D eigenvalue weighted by molar-refractivity contribution is -0.118. The molecule has 0 aliphatic heterocycles. The van der Waals surface area contributed by atoms with Crippen molar-refractivity contribution < 1.29 is 13.6 Å². The molecule has 0 fully saturated rings. The number of aromatic nitrogens is 2. The lowest BCUT2D eigenvalue weighted by Gasteiger charge is -2.24. The highest BCUT2D eigenvalue weighted by molar-refractivity contribution is 5.94. The summed E-state index contributed by atoms with van der Waals surface area (Å²) in [6.07, 6.45) is 6.15. The minimum Gasteiger partial charge on any atom is -0.344 e. The third-order valence-corrected chi connectivity index (χ3v) is 4.52. The van der Waals surface area contributed by atoms with Crippen LogP contribution in [-0.2, 0) is 11.2 Å². The van der Waals surface area contributed by atoms with Gasteiger partial charge in [-0.1, -0.05) is 18.2 Å². The molecule has 0 saturated carbocycles. The van der Waals surface area contributed by atoms with Crippen LogP contribution in [0.3, 0.4) is 0 Å². The van der Waals surface area contributed by atoms with Crippen molar-refractivity contribution in [2.45, 2.75) is 32.2 Å². The number of hydrogen-bond donors (Lipinski definition) is 1. The number of hydrogen-bond acceptors (Lipinski definition) is 3. The van der Waals surface area contributed by atoms with Gasteiger partial charge >= 0.3 is 0 Å². The SMILES string of the molecule is C=N/C(=C\C(F)=C/C)C(=O)N[C@@H]1CCCc2c1cnn2-c1ccccc1F. The Balaban J connectivity index is 1.88. The topological polar surface area (TPSA) is 59.3 Å². The molecule has 0 radical (unpaired) electrons. The highest BCUT2D eigenvalue weighted by Gasteiger charge is 2.27. The van der Waals surface area contributed by atoms with Gasteiger partial charge in [0.1, 0.15) is 23.0 Å². The molecule has 0 bridgehead atoms. The average Bonchev–Trinajstić information content (AvgIpc) is 3.11. The number of allylic oxidation sites excluding steroid dienone is 3. The van der Waals surface area contributed by atoms with Crippen molar-refractivity contribution in [3.8, 4) is 5.69 Å². The smallest absolute Gasteiger partial charge is 0.270 e. The number of rotatable bonds is 5. The molecule has 1 amide bonds.